The number of fused-ring (bicyclic) bond motifs is 1. The molecular weight excluding hydrogens is 281 g/mol. The van der Waals surface area contributed by atoms with Crippen LogP contribution >= 0.6 is 0 Å². The quantitative estimate of drug-likeness (QED) is 0.458. The number of non-ortho nitro benzene ring substituents is 1. The van der Waals surface area contributed by atoms with Crippen LogP contribution in [0.25, 0.3) is 10.9 Å². The third kappa shape index (κ3) is 3.41. The molecule has 0 aliphatic rings. The summed E-state index contributed by atoms with van der Waals surface area (Å²) in [5.41, 5.74) is -0.0205. The molecule has 0 radical (unpaired) electrons. The van der Waals surface area contributed by atoms with Crippen molar-refractivity contribution in [3.05, 3.63) is 40.3 Å². The maximum atomic E-state index is 14.0. The number of ether oxygens (including phenoxy) is 1. The number of benzene rings is 1. The van der Waals surface area contributed by atoms with Gasteiger partial charge in [-0.1, -0.05) is 0 Å². The Morgan fingerprint density at radius 2 is 2.29 bits per heavy atom. The van der Waals surface area contributed by atoms with Gasteiger partial charge in [-0.25, -0.2) is 4.39 Å². The van der Waals surface area contributed by atoms with Gasteiger partial charge in [0.1, 0.15) is 5.52 Å². The molecule has 2 aromatic rings. The molecule has 0 atom stereocenters. The van der Waals surface area contributed by atoms with Crippen molar-refractivity contribution in [2.45, 2.75) is 0 Å². The number of hydrogen-bond donors (Lipinski definition) is 2. The SMILES string of the molecule is O=[N+]([O-])c1cc(F)c(NCCOCCO)c2ncccc12. The largest absolute Gasteiger partial charge is 0.394 e. The molecule has 2 rings (SSSR count). The number of pyridine rings is 1. The monoisotopic (exact) mass is 295 g/mol. The fraction of sp³-hybridized carbons (Fsp3) is 0.308. The smallest absolute Gasteiger partial charge is 0.281 e. The van der Waals surface area contributed by atoms with Crippen molar-refractivity contribution in [2.75, 3.05) is 31.7 Å². The molecule has 2 N–H and O–H groups in total. The molecule has 1 aromatic carbocycles. The molecule has 0 amide bonds. The van der Waals surface area contributed by atoms with E-state index in [2.05, 4.69) is 10.3 Å². The first kappa shape index (κ1) is 15.1. The first-order valence-electron chi connectivity index (χ1n) is 6.29. The number of rotatable bonds is 7. The Morgan fingerprint density at radius 3 is 3.00 bits per heavy atom. The van der Waals surface area contributed by atoms with E-state index in [1.54, 1.807) is 6.07 Å². The highest BCUT2D eigenvalue weighted by Crippen LogP contribution is 2.32. The molecule has 112 valence electrons. The Hall–Kier alpha value is -2.32. The van der Waals surface area contributed by atoms with Gasteiger partial charge in [-0.15, -0.1) is 0 Å². The molecule has 0 spiro atoms. The first-order valence-corrected chi connectivity index (χ1v) is 6.29. The van der Waals surface area contributed by atoms with Crippen LogP contribution in [0.5, 0.6) is 0 Å². The number of nitro benzene ring substituents is 1. The summed E-state index contributed by atoms with van der Waals surface area (Å²) in [6.07, 6.45) is 1.44. The maximum Gasteiger partial charge on any atom is 0.281 e. The lowest BCUT2D eigenvalue weighted by molar-refractivity contribution is -0.383. The molecule has 21 heavy (non-hydrogen) atoms. The van der Waals surface area contributed by atoms with Crippen LogP contribution in [0, 0.1) is 15.9 Å². The zero-order valence-corrected chi connectivity index (χ0v) is 11.1. The van der Waals surface area contributed by atoms with Crippen LogP contribution in [0.1, 0.15) is 0 Å². The van der Waals surface area contributed by atoms with Gasteiger partial charge in [-0.05, 0) is 12.1 Å². The van der Waals surface area contributed by atoms with Crippen LogP contribution in [0.15, 0.2) is 24.4 Å². The molecule has 1 heterocycles. The van der Waals surface area contributed by atoms with Crippen LogP contribution in [-0.2, 0) is 4.74 Å². The third-order valence-electron chi connectivity index (χ3n) is 2.80. The van der Waals surface area contributed by atoms with Crippen LogP contribution in [-0.4, -0.2) is 41.4 Å². The second kappa shape index (κ2) is 6.91. The normalized spacial score (nSPS) is 10.8. The molecule has 0 aliphatic heterocycles. The molecule has 0 bridgehead atoms. The van der Waals surface area contributed by atoms with E-state index in [0.717, 1.165) is 6.07 Å². The molecule has 1 aromatic heterocycles. The van der Waals surface area contributed by atoms with E-state index in [-0.39, 0.29) is 42.1 Å². The minimum atomic E-state index is -0.741. The Bertz CT molecular complexity index is 651. The van der Waals surface area contributed by atoms with Gasteiger partial charge in [-0.2, -0.15) is 0 Å². The maximum absolute atomic E-state index is 14.0. The third-order valence-corrected chi connectivity index (χ3v) is 2.80. The molecule has 7 nitrogen and oxygen atoms in total. The van der Waals surface area contributed by atoms with Crippen LogP contribution < -0.4 is 5.32 Å². The van der Waals surface area contributed by atoms with Gasteiger partial charge < -0.3 is 15.2 Å². The average Bonchev–Trinajstić information content (AvgIpc) is 2.48. The van der Waals surface area contributed by atoms with E-state index in [0.29, 0.717) is 6.54 Å². The van der Waals surface area contributed by atoms with Crippen molar-refractivity contribution in [3.8, 4) is 0 Å². The van der Waals surface area contributed by atoms with E-state index in [1.807, 2.05) is 0 Å². The predicted octanol–water partition coefficient (Wildman–Crippen LogP) is 1.70. The summed E-state index contributed by atoms with van der Waals surface area (Å²) in [4.78, 5) is 14.3. The van der Waals surface area contributed by atoms with E-state index < -0.39 is 10.7 Å². The zero-order chi connectivity index (χ0) is 15.2. The molecule has 0 saturated carbocycles. The van der Waals surface area contributed by atoms with Crippen molar-refractivity contribution in [1.82, 2.24) is 4.98 Å². The molecular formula is C13H14FN3O4. The Balaban J connectivity index is 2.29. The number of aliphatic hydroxyl groups excluding tert-OH is 1. The number of anilines is 1. The van der Waals surface area contributed by atoms with Crippen molar-refractivity contribution in [2.24, 2.45) is 0 Å². The highest BCUT2D eigenvalue weighted by molar-refractivity contribution is 5.97. The minimum Gasteiger partial charge on any atom is -0.394 e. The van der Waals surface area contributed by atoms with Crippen molar-refractivity contribution in [1.29, 1.82) is 0 Å². The lowest BCUT2D eigenvalue weighted by Crippen LogP contribution is -2.13. The second-order valence-corrected chi connectivity index (χ2v) is 4.17. The van der Waals surface area contributed by atoms with Crippen molar-refractivity contribution >= 4 is 22.3 Å². The molecule has 0 saturated heterocycles. The van der Waals surface area contributed by atoms with Gasteiger partial charge in [0.25, 0.3) is 5.69 Å². The fourth-order valence-corrected chi connectivity index (χ4v) is 1.93. The van der Waals surface area contributed by atoms with Crippen LogP contribution in [0.4, 0.5) is 15.8 Å². The summed E-state index contributed by atoms with van der Waals surface area (Å²) >= 11 is 0. The van der Waals surface area contributed by atoms with Crippen LogP contribution in [0.3, 0.4) is 0 Å². The van der Waals surface area contributed by atoms with Gasteiger partial charge in [0.05, 0.1) is 41.9 Å². The Kier molecular flexibility index (Phi) is 4.96. The first-order chi connectivity index (χ1) is 10.1. The standard InChI is InChI=1S/C13H14FN3O4/c14-10-8-11(17(19)20)9-2-1-3-15-12(9)13(10)16-4-6-21-7-5-18/h1-3,8,16,18H,4-7H2. The lowest BCUT2D eigenvalue weighted by Gasteiger charge is -2.10. The second-order valence-electron chi connectivity index (χ2n) is 4.17. The number of aromatic nitrogens is 1. The van der Waals surface area contributed by atoms with Crippen molar-refractivity contribution in [3.63, 3.8) is 0 Å². The van der Waals surface area contributed by atoms with Gasteiger partial charge in [0.2, 0.25) is 0 Å². The number of aliphatic hydroxyl groups is 1. The summed E-state index contributed by atoms with van der Waals surface area (Å²) in [5, 5.41) is 22.6. The predicted molar refractivity (Wildman–Crippen MR) is 74.7 cm³/mol. The number of hydrogen-bond acceptors (Lipinski definition) is 6. The lowest BCUT2D eigenvalue weighted by atomic mass is 10.1. The average molecular weight is 295 g/mol. The van der Waals surface area contributed by atoms with Crippen LogP contribution in [0.2, 0.25) is 0 Å². The molecule has 8 heteroatoms. The number of nitrogens with one attached hydrogen (secondary N) is 1. The minimum absolute atomic E-state index is 0.0869. The number of halogens is 1. The zero-order valence-electron chi connectivity index (χ0n) is 11.1. The summed E-state index contributed by atoms with van der Waals surface area (Å²) in [7, 11) is 0. The topological polar surface area (TPSA) is 97.5 Å². The fourth-order valence-electron chi connectivity index (χ4n) is 1.93. The van der Waals surface area contributed by atoms with Crippen molar-refractivity contribution < 1.29 is 19.2 Å². The Labute approximate surface area is 119 Å². The highest BCUT2D eigenvalue weighted by Gasteiger charge is 2.19. The van der Waals surface area contributed by atoms with E-state index in [9.17, 15) is 14.5 Å². The van der Waals surface area contributed by atoms with Gasteiger partial charge in [0.15, 0.2) is 5.82 Å². The highest BCUT2D eigenvalue weighted by atomic mass is 19.1. The Morgan fingerprint density at radius 1 is 1.48 bits per heavy atom. The number of nitrogens with zero attached hydrogens (tertiary/aromatic N) is 2. The summed E-state index contributed by atoms with van der Waals surface area (Å²) in [6, 6.07) is 3.95. The van der Waals surface area contributed by atoms with E-state index in [1.165, 1.54) is 12.3 Å². The summed E-state index contributed by atoms with van der Waals surface area (Å²) < 4.78 is 19.1. The van der Waals surface area contributed by atoms with E-state index >= 15 is 0 Å². The molecule has 0 unspecified atom stereocenters. The number of nitro groups is 1. The van der Waals surface area contributed by atoms with E-state index in [4.69, 9.17) is 9.84 Å². The molecule has 0 fully saturated rings. The molecule has 0 aliphatic carbocycles. The van der Waals surface area contributed by atoms with Gasteiger partial charge in [-0.3, -0.25) is 15.1 Å². The van der Waals surface area contributed by atoms with Gasteiger partial charge >= 0.3 is 0 Å². The van der Waals surface area contributed by atoms with Gasteiger partial charge in [0, 0.05) is 12.7 Å². The summed E-state index contributed by atoms with van der Waals surface area (Å²) in [6.45, 7) is 0.672. The summed E-state index contributed by atoms with van der Waals surface area (Å²) in [5.74, 6) is -0.741.